The number of halogens is 1. The van der Waals surface area contributed by atoms with Crippen LogP contribution in [0.15, 0.2) is 18.2 Å². The van der Waals surface area contributed by atoms with E-state index >= 15 is 0 Å². The maximum Gasteiger partial charge on any atom is 0.122 e. The summed E-state index contributed by atoms with van der Waals surface area (Å²) >= 11 is 6.17. The van der Waals surface area contributed by atoms with Gasteiger partial charge in [-0.2, -0.15) is 0 Å². The van der Waals surface area contributed by atoms with E-state index in [1.54, 1.807) is 7.11 Å². The third-order valence-corrected chi connectivity index (χ3v) is 4.40. The van der Waals surface area contributed by atoms with Crippen LogP contribution < -0.4 is 10.5 Å². The van der Waals surface area contributed by atoms with Crippen LogP contribution in [0.2, 0.25) is 5.02 Å². The van der Waals surface area contributed by atoms with Gasteiger partial charge in [0.25, 0.3) is 0 Å². The SMILES string of the molecule is COc1ccc(Cl)cc1C1(CCN)CCCCC1. The van der Waals surface area contributed by atoms with Crippen molar-refractivity contribution in [1.29, 1.82) is 0 Å². The monoisotopic (exact) mass is 267 g/mol. The second-order valence-electron chi connectivity index (χ2n) is 5.22. The van der Waals surface area contributed by atoms with E-state index in [-0.39, 0.29) is 5.41 Å². The highest BCUT2D eigenvalue weighted by Gasteiger charge is 2.35. The first-order valence-corrected chi connectivity index (χ1v) is 7.14. The number of rotatable bonds is 4. The predicted molar refractivity (Wildman–Crippen MR) is 76.4 cm³/mol. The summed E-state index contributed by atoms with van der Waals surface area (Å²) in [6, 6.07) is 5.94. The number of hydrogen-bond donors (Lipinski definition) is 1. The van der Waals surface area contributed by atoms with Crippen LogP contribution in [0.3, 0.4) is 0 Å². The average molecular weight is 268 g/mol. The highest BCUT2D eigenvalue weighted by molar-refractivity contribution is 6.30. The summed E-state index contributed by atoms with van der Waals surface area (Å²) in [6.45, 7) is 0.718. The Balaban J connectivity index is 2.43. The maximum absolute atomic E-state index is 6.17. The molecule has 1 saturated carbocycles. The minimum absolute atomic E-state index is 0.170. The fourth-order valence-electron chi connectivity index (χ4n) is 3.25. The van der Waals surface area contributed by atoms with Gasteiger partial charge in [-0.15, -0.1) is 0 Å². The van der Waals surface area contributed by atoms with Crippen LogP contribution >= 0.6 is 11.6 Å². The van der Waals surface area contributed by atoms with Crippen molar-refractivity contribution in [2.24, 2.45) is 5.73 Å². The van der Waals surface area contributed by atoms with Crippen molar-refractivity contribution in [3.05, 3.63) is 28.8 Å². The number of methoxy groups -OCH3 is 1. The van der Waals surface area contributed by atoms with Crippen LogP contribution in [0, 0.1) is 0 Å². The van der Waals surface area contributed by atoms with Crippen LogP contribution in [-0.2, 0) is 5.41 Å². The van der Waals surface area contributed by atoms with Crippen molar-refractivity contribution in [3.8, 4) is 5.75 Å². The van der Waals surface area contributed by atoms with Gasteiger partial charge in [0, 0.05) is 16.0 Å². The van der Waals surface area contributed by atoms with Gasteiger partial charge in [-0.1, -0.05) is 30.9 Å². The first-order chi connectivity index (χ1) is 8.72. The van der Waals surface area contributed by atoms with Gasteiger partial charge in [-0.05, 0) is 44.0 Å². The van der Waals surface area contributed by atoms with E-state index in [1.165, 1.54) is 37.7 Å². The molecule has 1 aliphatic rings. The van der Waals surface area contributed by atoms with E-state index in [0.717, 1.165) is 23.7 Å². The first kappa shape index (κ1) is 13.7. The molecule has 1 fully saturated rings. The summed E-state index contributed by atoms with van der Waals surface area (Å²) in [7, 11) is 1.73. The Hall–Kier alpha value is -0.730. The smallest absolute Gasteiger partial charge is 0.122 e. The second kappa shape index (κ2) is 5.94. The normalized spacial score (nSPS) is 18.6. The largest absolute Gasteiger partial charge is 0.496 e. The molecule has 2 nitrogen and oxygen atoms in total. The number of nitrogens with two attached hydrogens (primary N) is 1. The zero-order valence-corrected chi connectivity index (χ0v) is 11.8. The van der Waals surface area contributed by atoms with E-state index in [0.29, 0.717) is 0 Å². The number of ether oxygens (including phenoxy) is 1. The van der Waals surface area contributed by atoms with Gasteiger partial charge in [0.1, 0.15) is 5.75 Å². The molecule has 0 radical (unpaired) electrons. The van der Waals surface area contributed by atoms with Crippen LogP contribution in [0.5, 0.6) is 5.75 Å². The molecule has 0 bridgehead atoms. The third-order valence-electron chi connectivity index (χ3n) is 4.17. The molecule has 0 saturated heterocycles. The molecule has 0 aromatic heterocycles. The molecule has 0 atom stereocenters. The Bertz CT molecular complexity index is 394. The maximum atomic E-state index is 6.17. The molecule has 1 aromatic rings. The lowest BCUT2D eigenvalue weighted by atomic mass is 9.67. The minimum Gasteiger partial charge on any atom is -0.496 e. The zero-order valence-electron chi connectivity index (χ0n) is 11.0. The Kier molecular flexibility index (Phi) is 4.52. The minimum atomic E-state index is 0.170. The summed E-state index contributed by atoms with van der Waals surface area (Å²) in [5.41, 5.74) is 7.26. The molecule has 2 N–H and O–H groups in total. The van der Waals surface area contributed by atoms with Crippen LogP contribution in [0.4, 0.5) is 0 Å². The van der Waals surface area contributed by atoms with Crippen molar-refractivity contribution in [3.63, 3.8) is 0 Å². The highest BCUT2D eigenvalue weighted by atomic mass is 35.5. The zero-order chi connectivity index (χ0) is 13.0. The Morgan fingerprint density at radius 2 is 2.00 bits per heavy atom. The van der Waals surface area contributed by atoms with E-state index < -0.39 is 0 Å². The predicted octanol–water partition coefficient (Wildman–Crippen LogP) is 3.90. The molecule has 100 valence electrons. The summed E-state index contributed by atoms with van der Waals surface area (Å²) in [6.07, 6.45) is 7.28. The highest BCUT2D eigenvalue weighted by Crippen LogP contribution is 2.46. The van der Waals surface area contributed by atoms with Gasteiger partial charge in [0.05, 0.1) is 7.11 Å². The van der Waals surface area contributed by atoms with Gasteiger partial charge in [0.15, 0.2) is 0 Å². The van der Waals surface area contributed by atoms with Gasteiger partial charge in [-0.3, -0.25) is 0 Å². The molecule has 1 aliphatic carbocycles. The van der Waals surface area contributed by atoms with Crippen molar-refractivity contribution in [2.45, 2.75) is 43.9 Å². The van der Waals surface area contributed by atoms with E-state index in [2.05, 4.69) is 6.07 Å². The van der Waals surface area contributed by atoms with Gasteiger partial charge >= 0.3 is 0 Å². The number of benzene rings is 1. The van der Waals surface area contributed by atoms with Gasteiger partial charge < -0.3 is 10.5 Å². The molecular formula is C15H22ClNO. The molecule has 1 aromatic carbocycles. The summed E-state index contributed by atoms with van der Waals surface area (Å²) in [5.74, 6) is 0.953. The van der Waals surface area contributed by atoms with E-state index in [4.69, 9.17) is 22.1 Å². The molecule has 0 heterocycles. The quantitative estimate of drug-likeness (QED) is 0.898. The molecule has 0 spiro atoms. The summed E-state index contributed by atoms with van der Waals surface area (Å²) < 4.78 is 5.53. The van der Waals surface area contributed by atoms with E-state index in [1.807, 2.05) is 12.1 Å². The molecular weight excluding hydrogens is 246 g/mol. The Morgan fingerprint density at radius 1 is 1.28 bits per heavy atom. The lowest BCUT2D eigenvalue weighted by Crippen LogP contribution is -2.32. The van der Waals surface area contributed by atoms with Crippen molar-refractivity contribution in [1.82, 2.24) is 0 Å². The van der Waals surface area contributed by atoms with Gasteiger partial charge in [-0.25, -0.2) is 0 Å². The fraction of sp³-hybridized carbons (Fsp3) is 0.600. The first-order valence-electron chi connectivity index (χ1n) is 6.76. The molecule has 18 heavy (non-hydrogen) atoms. The van der Waals surface area contributed by atoms with Crippen molar-refractivity contribution in [2.75, 3.05) is 13.7 Å². The third kappa shape index (κ3) is 2.65. The van der Waals surface area contributed by atoms with Crippen LogP contribution in [0.1, 0.15) is 44.1 Å². The molecule has 2 rings (SSSR count). The Morgan fingerprint density at radius 3 is 2.61 bits per heavy atom. The van der Waals surface area contributed by atoms with Crippen molar-refractivity contribution < 1.29 is 4.74 Å². The van der Waals surface area contributed by atoms with Crippen LogP contribution in [-0.4, -0.2) is 13.7 Å². The topological polar surface area (TPSA) is 35.2 Å². The molecule has 0 aliphatic heterocycles. The summed E-state index contributed by atoms with van der Waals surface area (Å²) in [4.78, 5) is 0. The molecule has 0 amide bonds. The number of hydrogen-bond acceptors (Lipinski definition) is 2. The second-order valence-corrected chi connectivity index (χ2v) is 5.66. The summed E-state index contributed by atoms with van der Waals surface area (Å²) in [5, 5.41) is 0.785. The molecule has 3 heteroatoms. The fourth-order valence-corrected chi connectivity index (χ4v) is 3.43. The van der Waals surface area contributed by atoms with Gasteiger partial charge in [0.2, 0.25) is 0 Å². The van der Waals surface area contributed by atoms with Crippen LogP contribution in [0.25, 0.3) is 0 Å². The lowest BCUT2D eigenvalue weighted by Gasteiger charge is -2.38. The van der Waals surface area contributed by atoms with Crippen molar-refractivity contribution >= 4 is 11.6 Å². The average Bonchev–Trinajstić information content (AvgIpc) is 2.40. The van der Waals surface area contributed by atoms with E-state index in [9.17, 15) is 0 Å². The standard InChI is InChI=1S/C15H22ClNO/c1-18-14-6-5-12(16)11-13(14)15(9-10-17)7-3-2-4-8-15/h5-6,11H,2-4,7-10,17H2,1H3. The molecule has 0 unspecified atom stereocenters. The Labute approximate surface area is 114 Å². The lowest BCUT2D eigenvalue weighted by molar-refractivity contribution is 0.267.